The smallest absolute Gasteiger partial charge is 0.161 e. The molecule has 0 aromatic heterocycles. The van der Waals surface area contributed by atoms with Gasteiger partial charge in [0.25, 0.3) is 0 Å². The van der Waals surface area contributed by atoms with E-state index in [0.29, 0.717) is 0 Å². The van der Waals surface area contributed by atoms with Crippen LogP contribution in [0.25, 0.3) is 0 Å². The normalized spacial score (nSPS) is 20.6. The molecular weight excluding hydrogens is 250 g/mol. The van der Waals surface area contributed by atoms with Gasteiger partial charge in [-0.1, -0.05) is 0 Å². The maximum Gasteiger partial charge on any atom is 0.161 e. The lowest BCUT2D eigenvalue weighted by molar-refractivity contribution is -0.282. The molecule has 0 aliphatic heterocycles. The highest BCUT2D eigenvalue weighted by Crippen LogP contribution is 2.06. The Morgan fingerprint density at radius 1 is 1.00 bits per heavy atom. The third-order valence-corrected chi connectivity index (χ3v) is 2.28. The van der Waals surface area contributed by atoms with Crippen LogP contribution in [0.3, 0.4) is 0 Å². The van der Waals surface area contributed by atoms with Gasteiger partial charge in [0.2, 0.25) is 0 Å². The second-order valence-electron chi connectivity index (χ2n) is 3.34. The first-order valence-corrected chi connectivity index (χ1v) is 6.27. The van der Waals surface area contributed by atoms with Gasteiger partial charge in [-0.25, -0.2) is 4.72 Å². The Hall–Kier alpha value is -0.0900. The van der Waals surface area contributed by atoms with Crippen LogP contribution in [0.2, 0.25) is 0 Å². The third kappa shape index (κ3) is 9.60. The van der Waals surface area contributed by atoms with Crippen LogP contribution in [0.1, 0.15) is 27.7 Å². The van der Waals surface area contributed by atoms with Gasteiger partial charge in [0.05, 0.1) is 0 Å². The summed E-state index contributed by atoms with van der Waals surface area (Å²) in [5.41, 5.74) is 0. The Morgan fingerprint density at radius 2 is 1.47 bits per heavy atom. The summed E-state index contributed by atoms with van der Waals surface area (Å²) in [6.45, 7) is 6.62. The molecule has 0 aromatic carbocycles. The van der Waals surface area contributed by atoms with Gasteiger partial charge in [-0.3, -0.25) is 4.21 Å². The van der Waals surface area contributed by atoms with Crippen LogP contribution in [0.5, 0.6) is 0 Å². The predicted octanol–water partition coefficient (Wildman–Crippen LogP) is 0.450. The zero-order chi connectivity index (χ0) is 13.4. The van der Waals surface area contributed by atoms with Crippen molar-refractivity contribution in [1.29, 1.82) is 0 Å². The Balaban J connectivity index is 3.84. The van der Waals surface area contributed by atoms with E-state index in [0.717, 1.165) is 0 Å². The summed E-state index contributed by atoms with van der Waals surface area (Å²) in [6, 6.07) is 0. The number of methoxy groups -OCH3 is 1. The van der Waals surface area contributed by atoms with Crippen LogP contribution in [0.4, 0.5) is 0 Å². The monoisotopic (exact) mass is 270 g/mol. The first-order chi connectivity index (χ1) is 7.85. The minimum atomic E-state index is -2.37. The lowest BCUT2D eigenvalue weighted by Crippen LogP contribution is -2.35. The van der Waals surface area contributed by atoms with E-state index in [2.05, 4.69) is 4.72 Å². The Labute approximate surface area is 104 Å². The summed E-state index contributed by atoms with van der Waals surface area (Å²) in [7, 11) is 1.52. The summed E-state index contributed by atoms with van der Waals surface area (Å²) in [6.07, 6.45) is -2.19. The first kappa shape index (κ1) is 16.9. The zero-order valence-corrected chi connectivity index (χ0v) is 11.5. The van der Waals surface area contributed by atoms with Crippen molar-refractivity contribution in [2.24, 2.45) is 0 Å². The number of hydrogen-bond donors (Lipinski definition) is 1. The van der Waals surface area contributed by atoms with Crippen LogP contribution in [-0.4, -0.2) is 41.0 Å². The van der Waals surface area contributed by atoms with E-state index < -0.39 is 30.1 Å². The molecule has 0 saturated heterocycles. The van der Waals surface area contributed by atoms with Crippen molar-refractivity contribution in [3.8, 4) is 0 Å². The molecule has 0 rings (SSSR count). The van der Waals surface area contributed by atoms with E-state index in [1.807, 2.05) is 0 Å². The van der Waals surface area contributed by atoms with Gasteiger partial charge < -0.3 is 23.5 Å². The Bertz CT molecular complexity index is 230. The molecule has 17 heavy (non-hydrogen) atoms. The molecule has 7 nitrogen and oxygen atoms in total. The zero-order valence-electron chi connectivity index (χ0n) is 10.7. The van der Waals surface area contributed by atoms with Gasteiger partial charge in [0, 0.05) is 18.4 Å². The van der Waals surface area contributed by atoms with Crippen LogP contribution >= 0.6 is 0 Å². The molecule has 0 fully saturated rings. The average molecular weight is 270 g/mol. The van der Waals surface area contributed by atoms with Crippen molar-refractivity contribution < 1.29 is 27.7 Å². The van der Waals surface area contributed by atoms with Gasteiger partial charge in [0.15, 0.2) is 18.9 Å². The second kappa shape index (κ2) is 8.92. The summed E-state index contributed by atoms with van der Waals surface area (Å²) in [5, 5.41) is 0. The second-order valence-corrected chi connectivity index (χ2v) is 4.05. The molecule has 0 spiro atoms. The van der Waals surface area contributed by atoms with Gasteiger partial charge in [-0.15, -0.1) is 0 Å². The fourth-order valence-electron chi connectivity index (χ4n) is 1.11. The third-order valence-electron chi connectivity index (χ3n) is 1.76. The van der Waals surface area contributed by atoms with Gasteiger partial charge >= 0.3 is 0 Å². The van der Waals surface area contributed by atoms with E-state index in [4.69, 9.17) is 18.9 Å². The van der Waals surface area contributed by atoms with Gasteiger partial charge in [-0.2, -0.15) is 0 Å². The van der Waals surface area contributed by atoms with Crippen LogP contribution in [0.15, 0.2) is 0 Å². The molecule has 0 bridgehead atoms. The van der Waals surface area contributed by atoms with E-state index >= 15 is 0 Å². The molecule has 1 N–H and O–H groups in total. The summed E-state index contributed by atoms with van der Waals surface area (Å²) >= 11 is -2.37. The van der Waals surface area contributed by atoms with Crippen molar-refractivity contribution in [3.63, 3.8) is 0 Å². The van der Waals surface area contributed by atoms with Crippen LogP contribution < -0.4 is 4.72 Å². The van der Waals surface area contributed by atoms with Gasteiger partial charge in [-0.05, 0) is 27.7 Å². The number of hydrogen-bond acceptors (Lipinski definition) is 6. The topological polar surface area (TPSA) is 89.1 Å². The van der Waals surface area contributed by atoms with Crippen LogP contribution in [-0.2, 0) is 30.2 Å². The minimum absolute atomic E-state index is 0.387. The average Bonchev–Trinajstić information content (AvgIpc) is 2.14. The number of ether oxygens (including phenoxy) is 4. The quantitative estimate of drug-likeness (QED) is 0.483. The highest BCUT2D eigenvalue weighted by molar-refractivity contribution is 7.77. The van der Waals surface area contributed by atoms with Crippen LogP contribution in [0, 0.1) is 0 Å². The van der Waals surface area contributed by atoms with E-state index in [9.17, 15) is 8.76 Å². The Morgan fingerprint density at radius 3 is 1.94 bits per heavy atom. The highest BCUT2D eigenvalue weighted by atomic mass is 32.2. The van der Waals surface area contributed by atoms with Crippen molar-refractivity contribution >= 4 is 11.3 Å². The van der Waals surface area contributed by atoms with Crippen molar-refractivity contribution in [2.45, 2.75) is 52.8 Å². The highest BCUT2D eigenvalue weighted by Gasteiger charge is 2.14. The standard InChI is InChI=1S/C9H21NO6S/c1-6(10-17(11)12)14-8(3)16-9(4)15-7(2)13-5/h6-10H,1-5H3,(H,11,12)/p-1. The lowest BCUT2D eigenvalue weighted by Gasteiger charge is -2.25. The summed E-state index contributed by atoms with van der Waals surface area (Å²) in [5.74, 6) is 0. The van der Waals surface area contributed by atoms with Gasteiger partial charge in [0.1, 0.15) is 6.23 Å². The van der Waals surface area contributed by atoms with Crippen molar-refractivity contribution in [2.75, 3.05) is 7.11 Å². The summed E-state index contributed by atoms with van der Waals surface area (Å²) in [4.78, 5) is 0. The van der Waals surface area contributed by atoms with E-state index in [-0.39, 0.29) is 6.29 Å². The molecule has 0 saturated carbocycles. The molecule has 0 amide bonds. The molecule has 0 heterocycles. The lowest BCUT2D eigenvalue weighted by atomic mass is 10.6. The minimum Gasteiger partial charge on any atom is -0.760 e. The maximum absolute atomic E-state index is 10.3. The first-order valence-electron chi connectivity index (χ1n) is 5.19. The molecule has 0 aliphatic rings. The molecule has 5 unspecified atom stereocenters. The van der Waals surface area contributed by atoms with E-state index in [1.54, 1.807) is 27.7 Å². The molecular formula is C9H20NO6S-. The number of nitrogens with one attached hydrogen (secondary N) is 1. The molecule has 104 valence electrons. The molecule has 0 radical (unpaired) electrons. The SMILES string of the molecule is COC(C)OC(C)OC(C)OC(C)NS(=O)[O-]. The Kier molecular flexibility index (Phi) is 8.88. The number of rotatable bonds is 9. The molecule has 0 aliphatic carbocycles. The fourth-order valence-corrected chi connectivity index (χ4v) is 1.44. The summed E-state index contributed by atoms with van der Waals surface area (Å²) < 4.78 is 43.5. The molecule has 0 aromatic rings. The van der Waals surface area contributed by atoms with Crippen molar-refractivity contribution in [3.05, 3.63) is 0 Å². The van der Waals surface area contributed by atoms with E-state index in [1.165, 1.54) is 7.11 Å². The largest absolute Gasteiger partial charge is 0.760 e. The maximum atomic E-state index is 10.3. The fraction of sp³-hybridized carbons (Fsp3) is 1.00. The predicted molar refractivity (Wildman–Crippen MR) is 60.2 cm³/mol. The van der Waals surface area contributed by atoms with Crippen molar-refractivity contribution in [1.82, 2.24) is 4.72 Å². The molecule has 8 heteroatoms. The molecule has 5 atom stereocenters.